The molecule has 0 bridgehead atoms. The van der Waals surface area contributed by atoms with E-state index in [0.29, 0.717) is 12.1 Å². The van der Waals surface area contributed by atoms with Gasteiger partial charge in [0, 0.05) is 12.1 Å². The van der Waals surface area contributed by atoms with Gasteiger partial charge in [0.2, 0.25) is 0 Å². The zero-order valence-corrected chi connectivity index (χ0v) is 6.72. The minimum atomic E-state index is 0.559. The van der Waals surface area contributed by atoms with Crippen molar-refractivity contribution in [1.82, 2.24) is 10.6 Å². The van der Waals surface area contributed by atoms with Gasteiger partial charge in [-0.2, -0.15) is 0 Å². The van der Waals surface area contributed by atoms with E-state index in [2.05, 4.69) is 29.8 Å². The first kappa shape index (κ1) is 7.61. The minimum absolute atomic E-state index is 0.559. The summed E-state index contributed by atoms with van der Waals surface area (Å²) in [4.78, 5) is 0. The van der Waals surface area contributed by atoms with E-state index in [4.69, 9.17) is 0 Å². The molecule has 0 saturated heterocycles. The van der Waals surface area contributed by atoms with E-state index in [9.17, 15) is 0 Å². The largest absolute Gasteiger partial charge is 0.387 e. The Kier molecular flexibility index (Phi) is 2.75. The molecule has 0 fully saturated rings. The first-order valence-corrected chi connectivity index (χ1v) is 3.93. The highest BCUT2D eigenvalue weighted by molar-refractivity contribution is 4.92. The summed E-state index contributed by atoms with van der Waals surface area (Å²) in [7, 11) is 2.02. The molecule has 2 unspecified atom stereocenters. The molecule has 0 aromatic rings. The Morgan fingerprint density at radius 2 is 2.40 bits per heavy atom. The lowest BCUT2D eigenvalue weighted by Crippen LogP contribution is -2.41. The fourth-order valence-electron chi connectivity index (χ4n) is 1.34. The second-order valence-electron chi connectivity index (χ2n) is 2.83. The van der Waals surface area contributed by atoms with Gasteiger partial charge < -0.3 is 10.6 Å². The predicted octanol–water partition coefficient (Wildman–Crippen LogP) is 0.860. The summed E-state index contributed by atoms with van der Waals surface area (Å²) in [6.07, 6.45) is 6.67. The monoisotopic (exact) mass is 140 g/mol. The molecule has 2 heteroatoms. The van der Waals surface area contributed by atoms with Crippen LogP contribution in [0.3, 0.4) is 0 Å². The Labute approximate surface area is 62.7 Å². The number of hydrogen-bond acceptors (Lipinski definition) is 2. The van der Waals surface area contributed by atoms with Crippen LogP contribution in [0.5, 0.6) is 0 Å². The lowest BCUT2D eigenvalue weighted by Gasteiger charge is -2.21. The molecule has 0 amide bonds. The fourth-order valence-corrected chi connectivity index (χ4v) is 1.34. The van der Waals surface area contributed by atoms with E-state index < -0.39 is 0 Å². The lowest BCUT2D eigenvalue weighted by atomic mass is 10.1. The van der Waals surface area contributed by atoms with Crippen molar-refractivity contribution in [2.24, 2.45) is 0 Å². The smallest absolute Gasteiger partial charge is 0.0380 e. The molecule has 0 aliphatic carbocycles. The van der Waals surface area contributed by atoms with Crippen molar-refractivity contribution in [2.45, 2.75) is 31.8 Å². The first-order valence-electron chi connectivity index (χ1n) is 3.93. The topological polar surface area (TPSA) is 24.1 Å². The summed E-state index contributed by atoms with van der Waals surface area (Å²) < 4.78 is 0. The van der Waals surface area contributed by atoms with Crippen molar-refractivity contribution in [3.8, 4) is 0 Å². The summed E-state index contributed by atoms with van der Waals surface area (Å²) in [6, 6.07) is 1.18. The molecule has 1 aliphatic heterocycles. The Morgan fingerprint density at radius 1 is 1.60 bits per heavy atom. The molecule has 2 atom stereocenters. The molecule has 2 N–H and O–H groups in total. The summed E-state index contributed by atoms with van der Waals surface area (Å²) in [5.74, 6) is 0. The average Bonchev–Trinajstić information content (AvgIpc) is 2.13. The first-order chi connectivity index (χ1) is 4.84. The standard InChI is InChI=1S/C8H16N2/c1-7-8(9-2)5-3-4-6-10-7/h4,6-10H,3,5H2,1-2H3. The molecular weight excluding hydrogens is 124 g/mol. The van der Waals surface area contributed by atoms with Crippen LogP contribution in [0, 0.1) is 0 Å². The van der Waals surface area contributed by atoms with Gasteiger partial charge in [-0.15, -0.1) is 0 Å². The van der Waals surface area contributed by atoms with Crippen molar-refractivity contribution in [3.63, 3.8) is 0 Å². The molecule has 0 aromatic carbocycles. The average molecular weight is 140 g/mol. The zero-order valence-electron chi connectivity index (χ0n) is 6.72. The van der Waals surface area contributed by atoms with Gasteiger partial charge in [-0.05, 0) is 33.0 Å². The maximum absolute atomic E-state index is 3.30. The molecule has 0 spiro atoms. The van der Waals surface area contributed by atoms with Crippen molar-refractivity contribution in [2.75, 3.05) is 7.05 Å². The van der Waals surface area contributed by atoms with Gasteiger partial charge in [0.1, 0.15) is 0 Å². The molecule has 0 aromatic heterocycles. The Morgan fingerprint density at radius 3 is 3.10 bits per heavy atom. The van der Waals surface area contributed by atoms with E-state index >= 15 is 0 Å². The van der Waals surface area contributed by atoms with E-state index in [1.165, 1.54) is 12.8 Å². The number of hydrogen-bond donors (Lipinski definition) is 2. The lowest BCUT2D eigenvalue weighted by molar-refractivity contribution is 0.431. The second-order valence-corrected chi connectivity index (χ2v) is 2.83. The highest BCUT2D eigenvalue weighted by Gasteiger charge is 2.13. The van der Waals surface area contributed by atoms with Crippen molar-refractivity contribution in [3.05, 3.63) is 12.3 Å². The van der Waals surface area contributed by atoms with Crippen LogP contribution in [0.2, 0.25) is 0 Å². The molecule has 2 nitrogen and oxygen atoms in total. The second kappa shape index (κ2) is 3.62. The highest BCUT2D eigenvalue weighted by atomic mass is 15.0. The maximum Gasteiger partial charge on any atom is 0.0380 e. The maximum atomic E-state index is 3.30. The summed E-state index contributed by atoms with van der Waals surface area (Å²) in [6.45, 7) is 2.21. The molecule has 0 saturated carbocycles. The molecule has 0 radical (unpaired) electrons. The zero-order chi connectivity index (χ0) is 7.40. The SMILES string of the molecule is CNC1CCC=CNC1C. The van der Waals surface area contributed by atoms with Gasteiger partial charge in [-0.1, -0.05) is 6.08 Å². The van der Waals surface area contributed by atoms with Crippen LogP contribution in [0.4, 0.5) is 0 Å². The van der Waals surface area contributed by atoms with Crippen LogP contribution >= 0.6 is 0 Å². The van der Waals surface area contributed by atoms with Gasteiger partial charge >= 0.3 is 0 Å². The van der Waals surface area contributed by atoms with E-state index in [-0.39, 0.29) is 0 Å². The molecule has 1 rings (SSSR count). The molecular formula is C8H16N2. The highest BCUT2D eigenvalue weighted by Crippen LogP contribution is 2.05. The van der Waals surface area contributed by atoms with Gasteiger partial charge in [0.25, 0.3) is 0 Å². The van der Waals surface area contributed by atoms with Gasteiger partial charge in [-0.25, -0.2) is 0 Å². The normalized spacial score (nSPS) is 33.0. The van der Waals surface area contributed by atoms with Crippen LogP contribution in [0.15, 0.2) is 12.3 Å². The van der Waals surface area contributed by atoms with Crippen LogP contribution in [-0.4, -0.2) is 19.1 Å². The Balaban J connectivity index is 2.43. The van der Waals surface area contributed by atoms with Gasteiger partial charge in [0.05, 0.1) is 0 Å². The fraction of sp³-hybridized carbons (Fsp3) is 0.750. The third-order valence-corrected chi connectivity index (χ3v) is 2.10. The third kappa shape index (κ3) is 1.74. The Hall–Kier alpha value is -0.500. The number of rotatable bonds is 1. The van der Waals surface area contributed by atoms with E-state index in [1.807, 2.05) is 7.05 Å². The van der Waals surface area contributed by atoms with E-state index in [1.54, 1.807) is 0 Å². The van der Waals surface area contributed by atoms with Crippen LogP contribution in [0.1, 0.15) is 19.8 Å². The van der Waals surface area contributed by atoms with Crippen molar-refractivity contribution in [1.29, 1.82) is 0 Å². The van der Waals surface area contributed by atoms with E-state index in [0.717, 1.165) is 0 Å². The van der Waals surface area contributed by atoms with Gasteiger partial charge in [0.15, 0.2) is 0 Å². The van der Waals surface area contributed by atoms with Gasteiger partial charge in [-0.3, -0.25) is 0 Å². The summed E-state index contributed by atoms with van der Waals surface area (Å²) in [5.41, 5.74) is 0. The van der Waals surface area contributed by atoms with Crippen molar-refractivity contribution >= 4 is 0 Å². The summed E-state index contributed by atoms with van der Waals surface area (Å²) >= 11 is 0. The Bertz CT molecular complexity index is 120. The van der Waals surface area contributed by atoms with Crippen LogP contribution in [0.25, 0.3) is 0 Å². The number of likely N-dealkylation sites (N-methyl/N-ethyl adjacent to an activating group) is 1. The molecule has 58 valence electrons. The quantitative estimate of drug-likeness (QED) is 0.564. The minimum Gasteiger partial charge on any atom is -0.387 e. The molecule has 1 heterocycles. The molecule has 1 aliphatic rings. The predicted molar refractivity (Wildman–Crippen MR) is 43.8 cm³/mol. The number of nitrogens with one attached hydrogen (secondary N) is 2. The number of allylic oxidation sites excluding steroid dienone is 1. The third-order valence-electron chi connectivity index (χ3n) is 2.10. The van der Waals surface area contributed by atoms with Crippen molar-refractivity contribution < 1.29 is 0 Å². The van der Waals surface area contributed by atoms with Crippen LogP contribution in [-0.2, 0) is 0 Å². The summed E-state index contributed by atoms with van der Waals surface area (Å²) in [5, 5.41) is 6.59. The molecule has 10 heavy (non-hydrogen) atoms. The van der Waals surface area contributed by atoms with Crippen LogP contribution < -0.4 is 10.6 Å².